The highest BCUT2D eigenvalue weighted by Crippen LogP contribution is 2.80. The van der Waals surface area contributed by atoms with Crippen LogP contribution in [0.1, 0.15) is 86.0 Å². The second kappa shape index (κ2) is 6.92. The van der Waals surface area contributed by atoms with Crippen molar-refractivity contribution >= 4 is 17.7 Å². The molecular formula is C26H37NO4. The summed E-state index contributed by atoms with van der Waals surface area (Å²) in [7, 11) is 0. The maximum absolute atomic E-state index is 11.5. The third kappa shape index (κ3) is 2.90. The van der Waals surface area contributed by atoms with Crippen LogP contribution in [-0.2, 0) is 19.2 Å². The minimum absolute atomic E-state index is 0.0600. The summed E-state index contributed by atoms with van der Waals surface area (Å²) in [5.41, 5.74) is 3.22. The third-order valence-electron chi connectivity index (χ3n) is 10.4. The smallest absolute Gasteiger partial charge is 0.331 e. The van der Waals surface area contributed by atoms with Gasteiger partial charge in [-0.2, -0.15) is 0 Å². The van der Waals surface area contributed by atoms with Crippen molar-refractivity contribution in [3.05, 3.63) is 11.6 Å². The van der Waals surface area contributed by atoms with Gasteiger partial charge in [-0.15, -0.1) is 0 Å². The topological polar surface area (TPSA) is 65.0 Å². The van der Waals surface area contributed by atoms with Gasteiger partial charge in [0.1, 0.15) is 6.10 Å². The molecule has 0 aliphatic heterocycles. The van der Waals surface area contributed by atoms with Crippen molar-refractivity contribution in [1.29, 1.82) is 0 Å². The molecule has 5 heteroatoms. The second-order valence-corrected chi connectivity index (χ2v) is 11.6. The number of hydrogen-bond acceptors (Lipinski definition) is 5. The number of carbonyl (C=O) groups excluding carboxylic acids is 2. The van der Waals surface area contributed by atoms with Crippen molar-refractivity contribution in [2.75, 3.05) is 0 Å². The average Bonchev–Trinajstić information content (AvgIpc) is 3.38. The molecule has 5 aliphatic carbocycles. The Morgan fingerprint density at radius 1 is 1.06 bits per heavy atom. The van der Waals surface area contributed by atoms with Crippen LogP contribution in [0.15, 0.2) is 16.8 Å². The lowest BCUT2D eigenvalue weighted by molar-refractivity contribution is -0.148. The van der Waals surface area contributed by atoms with Crippen LogP contribution in [-0.4, -0.2) is 23.8 Å². The maximum atomic E-state index is 11.5. The third-order valence-corrected chi connectivity index (χ3v) is 10.4. The van der Waals surface area contributed by atoms with E-state index in [9.17, 15) is 9.59 Å². The first kappa shape index (κ1) is 21.2. The lowest BCUT2D eigenvalue weighted by Gasteiger charge is -2.59. The SMILES string of the molecule is CC(=O)ON=C(C)[C@@]12CC1CC1C3CC=C4C[C@@H](OC(C)=O)CC[C@]4(C)C3CC[C@@]12C. The predicted octanol–water partition coefficient (Wildman–Crippen LogP) is 5.44. The van der Waals surface area contributed by atoms with Gasteiger partial charge in [-0.05, 0) is 86.4 Å². The van der Waals surface area contributed by atoms with E-state index >= 15 is 0 Å². The number of nitrogens with zero attached hydrogens (tertiary/aromatic N) is 1. The average molecular weight is 428 g/mol. The summed E-state index contributed by atoms with van der Waals surface area (Å²) in [6.45, 7) is 10.0. The Morgan fingerprint density at radius 3 is 2.55 bits per heavy atom. The summed E-state index contributed by atoms with van der Waals surface area (Å²) in [6.07, 6.45) is 11.8. The van der Waals surface area contributed by atoms with Crippen LogP contribution in [0.25, 0.3) is 0 Å². The first-order valence-electron chi connectivity index (χ1n) is 12.2. The standard InChI is InChI=1S/C26H37NO4/c1-15(27-31-17(3)29)26-14-19(26)13-23-21-7-6-18-12-20(30-16(2)28)8-10-24(18,4)22(21)9-11-25(23,26)5/h6,19-23H,7-14H2,1-5H3/t19?,20-,21?,22?,23?,24-,25-,26-/m0/s1. The van der Waals surface area contributed by atoms with Gasteiger partial charge in [0.05, 0.1) is 5.71 Å². The fourth-order valence-electron chi connectivity index (χ4n) is 8.96. The van der Waals surface area contributed by atoms with E-state index < -0.39 is 0 Å². The van der Waals surface area contributed by atoms with E-state index in [1.165, 1.54) is 39.5 Å². The minimum Gasteiger partial charge on any atom is -0.462 e. The molecule has 0 aromatic heterocycles. The van der Waals surface area contributed by atoms with Crippen LogP contribution in [0.4, 0.5) is 0 Å². The van der Waals surface area contributed by atoms with Crippen molar-refractivity contribution in [2.45, 2.75) is 92.1 Å². The summed E-state index contributed by atoms with van der Waals surface area (Å²) in [5.74, 6) is 2.37. The number of oxime groups is 1. The zero-order valence-electron chi connectivity index (χ0n) is 19.7. The molecule has 31 heavy (non-hydrogen) atoms. The highest BCUT2D eigenvalue weighted by Gasteiger charge is 2.76. The lowest BCUT2D eigenvalue weighted by atomic mass is 9.46. The van der Waals surface area contributed by atoms with Crippen molar-refractivity contribution in [3.8, 4) is 0 Å². The van der Waals surface area contributed by atoms with Crippen molar-refractivity contribution in [3.63, 3.8) is 0 Å². The predicted molar refractivity (Wildman–Crippen MR) is 118 cm³/mol. The van der Waals surface area contributed by atoms with Crippen molar-refractivity contribution in [1.82, 2.24) is 0 Å². The lowest BCUT2D eigenvalue weighted by Crippen LogP contribution is -2.52. The van der Waals surface area contributed by atoms with Gasteiger partial charge in [-0.3, -0.25) is 4.79 Å². The Morgan fingerprint density at radius 2 is 1.84 bits per heavy atom. The summed E-state index contributed by atoms with van der Waals surface area (Å²) < 4.78 is 5.58. The number of hydrogen-bond donors (Lipinski definition) is 0. The fourth-order valence-corrected chi connectivity index (χ4v) is 8.96. The molecule has 0 aromatic carbocycles. The molecule has 4 unspecified atom stereocenters. The van der Waals surface area contributed by atoms with Crippen LogP contribution >= 0.6 is 0 Å². The van der Waals surface area contributed by atoms with Crippen LogP contribution in [0.3, 0.4) is 0 Å². The number of ether oxygens (including phenoxy) is 1. The van der Waals surface area contributed by atoms with E-state index in [2.05, 4.69) is 32.0 Å². The largest absolute Gasteiger partial charge is 0.462 e. The van der Waals surface area contributed by atoms with Crippen LogP contribution in [0.2, 0.25) is 0 Å². The fraction of sp³-hybridized carbons (Fsp3) is 0.808. The Labute approximate surface area is 186 Å². The van der Waals surface area contributed by atoms with E-state index in [1.54, 1.807) is 5.57 Å². The van der Waals surface area contributed by atoms with Crippen molar-refractivity contribution in [2.24, 2.45) is 45.1 Å². The Balaban J connectivity index is 1.40. The molecule has 0 spiro atoms. The minimum atomic E-state index is -0.335. The van der Waals surface area contributed by atoms with E-state index in [0.717, 1.165) is 43.2 Å². The molecule has 5 aliphatic rings. The van der Waals surface area contributed by atoms with Gasteiger partial charge in [0, 0.05) is 25.7 Å². The molecular weight excluding hydrogens is 390 g/mol. The maximum Gasteiger partial charge on any atom is 0.331 e. The highest BCUT2D eigenvalue weighted by atomic mass is 16.7. The molecule has 0 bridgehead atoms. The molecule has 5 nitrogen and oxygen atoms in total. The molecule has 4 fully saturated rings. The molecule has 4 saturated carbocycles. The van der Waals surface area contributed by atoms with Gasteiger partial charge >= 0.3 is 11.9 Å². The van der Waals surface area contributed by atoms with E-state index in [-0.39, 0.29) is 34.3 Å². The quantitative estimate of drug-likeness (QED) is 0.198. The molecule has 170 valence electrons. The van der Waals surface area contributed by atoms with Gasteiger partial charge in [0.15, 0.2) is 0 Å². The zero-order chi connectivity index (χ0) is 22.2. The Hall–Kier alpha value is -1.65. The monoisotopic (exact) mass is 427 g/mol. The second-order valence-electron chi connectivity index (χ2n) is 11.6. The molecule has 0 amide bonds. The zero-order valence-corrected chi connectivity index (χ0v) is 19.7. The molecule has 0 heterocycles. The first-order valence-corrected chi connectivity index (χ1v) is 12.2. The number of rotatable bonds is 3. The molecule has 0 radical (unpaired) electrons. The molecule has 5 rings (SSSR count). The summed E-state index contributed by atoms with van der Waals surface area (Å²) in [4.78, 5) is 27.9. The molecule has 0 N–H and O–H groups in total. The highest BCUT2D eigenvalue weighted by molar-refractivity contribution is 5.92. The number of fused-ring (bicyclic) bond motifs is 7. The van der Waals surface area contributed by atoms with Crippen molar-refractivity contribution < 1.29 is 19.2 Å². The van der Waals surface area contributed by atoms with Crippen LogP contribution in [0.5, 0.6) is 0 Å². The molecule has 0 saturated heterocycles. The Kier molecular flexibility index (Phi) is 4.74. The summed E-state index contributed by atoms with van der Waals surface area (Å²) in [5, 5.41) is 4.28. The molecule has 0 aromatic rings. The molecule has 8 atom stereocenters. The summed E-state index contributed by atoms with van der Waals surface area (Å²) >= 11 is 0. The number of esters is 1. The number of allylic oxidation sites excluding steroid dienone is 1. The van der Waals surface area contributed by atoms with E-state index in [0.29, 0.717) is 11.8 Å². The van der Waals surface area contributed by atoms with E-state index in [4.69, 9.17) is 9.57 Å². The van der Waals surface area contributed by atoms with E-state index in [1.807, 2.05) is 0 Å². The van der Waals surface area contributed by atoms with Gasteiger partial charge in [-0.1, -0.05) is 30.7 Å². The first-order chi connectivity index (χ1) is 14.6. The van der Waals surface area contributed by atoms with Gasteiger partial charge < -0.3 is 9.57 Å². The normalized spacial score (nSPS) is 47.8. The Bertz CT molecular complexity index is 877. The van der Waals surface area contributed by atoms with Crippen LogP contribution < -0.4 is 0 Å². The van der Waals surface area contributed by atoms with Crippen LogP contribution in [0, 0.1) is 39.9 Å². The van der Waals surface area contributed by atoms with Gasteiger partial charge in [-0.25, -0.2) is 4.79 Å². The van der Waals surface area contributed by atoms with Gasteiger partial charge in [0.2, 0.25) is 0 Å². The summed E-state index contributed by atoms with van der Waals surface area (Å²) in [6, 6.07) is 0. The van der Waals surface area contributed by atoms with Gasteiger partial charge in [0.25, 0.3) is 0 Å². The number of carbonyl (C=O) groups is 2.